The van der Waals surface area contributed by atoms with Crippen molar-refractivity contribution in [2.24, 2.45) is 0 Å². The average molecular weight is 402 g/mol. The molecule has 0 spiro atoms. The van der Waals surface area contributed by atoms with E-state index in [4.69, 9.17) is 0 Å². The molecule has 0 aliphatic carbocycles. The largest absolute Gasteiger partial charge is 0.324 e. The van der Waals surface area contributed by atoms with E-state index < -0.39 is 10.0 Å². The van der Waals surface area contributed by atoms with Crippen LogP contribution < -0.4 is 5.32 Å². The number of fused-ring (bicyclic) bond motifs is 1. The van der Waals surface area contributed by atoms with E-state index in [0.717, 1.165) is 40.0 Å². The lowest BCUT2D eigenvalue weighted by atomic mass is 10.2. The molecule has 0 atom stereocenters. The maximum absolute atomic E-state index is 12.6. The molecule has 0 radical (unpaired) electrons. The summed E-state index contributed by atoms with van der Waals surface area (Å²) in [4.78, 5) is 17.4. The van der Waals surface area contributed by atoms with Gasteiger partial charge in [0.05, 0.1) is 23.8 Å². The Bertz CT molecular complexity index is 1090. The Morgan fingerprint density at radius 3 is 2.74 bits per heavy atom. The van der Waals surface area contributed by atoms with E-state index in [1.165, 1.54) is 4.31 Å². The number of thiophene rings is 1. The van der Waals surface area contributed by atoms with Crippen molar-refractivity contribution in [2.45, 2.75) is 23.5 Å². The number of sulfonamides is 1. The van der Waals surface area contributed by atoms with E-state index >= 15 is 0 Å². The van der Waals surface area contributed by atoms with E-state index in [9.17, 15) is 13.2 Å². The third-order valence-electron chi connectivity index (χ3n) is 4.51. The summed E-state index contributed by atoms with van der Waals surface area (Å²) in [6.07, 6.45) is 3.56. The third-order valence-corrected chi connectivity index (χ3v) is 7.96. The summed E-state index contributed by atoms with van der Waals surface area (Å²) in [5, 5.41) is 3.78. The first-order valence-corrected chi connectivity index (χ1v) is 11.0. The number of rotatable bonds is 5. The number of anilines is 1. The van der Waals surface area contributed by atoms with E-state index in [2.05, 4.69) is 10.3 Å². The number of carbonyl (C=O) groups excluding carboxylic acids is 1. The van der Waals surface area contributed by atoms with Gasteiger partial charge >= 0.3 is 0 Å². The van der Waals surface area contributed by atoms with Gasteiger partial charge in [-0.2, -0.15) is 4.31 Å². The molecule has 1 aromatic carbocycles. The molecule has 1 aliphatic heterocycles. The molecule has 140 valence electrons. The number of amides is 1. The molecule has 1 aliphatic rings. The summed E-state index contributed by atoms with van der Waals surface area (Å²) in [6, 6.07) is 12.9. The van der Waals surface area contributed by atoms with Crippen molar-refractivity contribution >= 4 is 43.9 Å². The van der Waals surface area contributed by atoms with Gasteiger partial charge < -0.3 is 5.32 Å². The molecule has 1 saturated heterocycles. The van der Waals surface area contributed by atoms with Crippen molar-refractivity contribution in [3.05, 3.63) is 53.5 Å². The second-order valence-electron chi connectivity index (χ2n) is 6.47. The van der Waals surface area contributed by atoms with Crippen LogP contribution in [0.25, 0.3) is 10.9 Å². The SMILES string of the molecule is O=C(Cc1ccc(S(=O)(=O)N2CCCC2)s1)Nc1cnc2ccccc2c1. The van der Waals surface area contributed by atoms with Crippen LogP contribution in [0.3, 0.4) is 0 Å². The number of nitrogens with zero attached hydrogens (tertiary/aromatic N) is 2. The molecular weight excluding hydrogens is 382 g/mol. The number of pyridine rings is 1. The molecule has 0 saturated carbocycles. The first-order chi connectivity index (χ1) is 13.0. The van der Waals surface area contributed by atoms with Gasteiger partial charge in [0, 0.05) is 23.4 Å². The second kappa shape index (κ2) is 7.38. The maximum atomic E-state index is 12.6. The van der Waals surface area contributed by atoms with Crippen LogP contribution in [0.2, 0.25) is 0 Å². The fourth-order valence-electron chi connectivity index (χ4n) is 3.15. The minimum Gasteiger partial charge on any atom is -0.324 e. The van der Waals surface area contributed by atoms with Crippen LogP contribution in [0.15, 0.2) is 52.9 Å². The van der Waals surface area contributed by atoms with Crippen LogP contribution in [0.1, 0.15) is 17.7 Å². The van der Waals surface area contributed by atoms with Gasteiger partial charge in [-0.15, -0.1) is 11.3 Å². The molecule has 4 rings (SSSR count). The zero-order valence-electron chi connectivity index (χ0n) is 14.6. The van der Waals surface area contributed by atoms with Crippen molar-refractivity contribution in [1.29, 1.82) is 0 Å². The number of hydrogen-bond acceptors (Lipinski definition) is 5. The van der Waals surface area contributed by atoms with Crippen molar-refractivity contribution in [3.8, 4) is 0 Å². The number of nitrogens with one attached hydrogen (secondary N) is 1. The predicted octanol–water partition coefficient (Wildman–Crippen LogP) is 3.26. The van der Waals surface area contributed by atoms with Crippen LogP contribution in [0.4, 0.5) is 5.69 Å². The van der Waals surface area contributed by atoms with Crippen LogP contribution in [0.5, 0.6) is 0 Å². The van der Waals surface area contributed by atoms with Gasteiger partial charge in [-0.3, -0.25) is 9.78 Å². The highest BCUT2D eigenvalue weighted by molar-refractivity contribution is 7.91. The summed E-state index contributed by atoms with van der Waals surface area (Å²) in [5.41, 5.74) is 1.49. The number of aromatic nitrogens is 1. The Labute approximate surface area is 161 Å². The van der Waals surface area contributed by atoms with Crippen LogP contribution in [0, 0.1) is 0 Å². The van der Waals surface area contributed by atoms with Gasteiger partial charge in [0.15, 0.2) is 0 Å². The van der Waals surface area contributed by atoms with Crippen molar-refractivity contribution in [1.82, 2.24) is 9.29 Å². The lowest BCUT2D eigenvalue weighted by molar-refractivity contribution is -0.115. The van der Waals surface area contributed by atoms with Crippen LogP contribution >= 0.6 is 11.3 Å². The molecule has 0 bridgehead atoms. The molecule has 3 aromatic rings. The number of hydrogen-bond donors (Lipinski definition) is 1. The van der Waals surface area contributed by atoms with Gasteiger partial charge in [-0.25, -0.2) is 8.42 Å². The minimum absolute atomic E-state index is 0.132. The molecule has 0 unspecified atom stereocenters. The summed E-state index contributed by atoms with van der Waals surface area (Å²) in [5.74, 6) is -0.195. The fourth-order valence-corrected chi connectivity index (χ4v) is 6.18. The summed E-state index contributed by atoms with van der Waals surface area (Å²) in [6.45, 7) is 1.15. The Balaban J connectivity index is 1.44. The summed E-state index contributed by atoms with van der Waals surface area (Å²) >= 11 is 1.16. The smallest absolute Gasteiger partial charge is 0.252 e. The Morgan fingerprint density at radius 1 is 1.15 bits per heavy atom. The lowest BCUT2D eigenvalue weighted by Crippen LogP contribution is -2.27. The van der Waals surface area contributed by atoms with E-state index in [-0.39, 0.29) is 12.3 Å². The second-order valence-corrected chi connectivity index (χ2v) is 9.81. The first-order valence-electron chi connectivity index (χ1n) is 8.76. The van der Waals surface area contributed by atoms with Crippen LogP contribution in [-0.2, 0) is 21.2 Å². The van der Waals surface area contributed by atoms with E-state index in [1.54, 1.807) is 18.3 Å². The molecule has 1 fully saturated rings. The highest BCUT2D eigenvalue weighted by Crippen LogP contribution is 2.27. The number of para-hydroxylation sites is 1. The Kier molecular flexibility index (Phi) is 4.94. The Morgan fingerprint density at radius 2 is 1.93 bits per heavy atom. The molecule has 3 heterocycles. The lowest BCUT2D eigenvalue weighted by Gasteiger charge is -2.13. The van der Waals surface area contributed by atoms with E-state index in [1.807, 2.05) is 30.3 Å². The predicted molar refractivity (Wildman–Crippen MR) is 106 cm³/mol. The van der Waals surface area contributed by atoms with Gasteiger partial charge in [0.1, 0.15) is 4.21 Å². The number of carbonyl (C=O) groups is 1. The molecule has 6 nitrogen and oxygen atoms in total. The van der Waals surface area contributed by atoms with Crippen LogP contribution in [-0.4, -0.2) is 36.7 Å². The quantitative estimate of drug-likeness (QED) is 0.712. The van der Waals surface area contributed by atoms with Gasteiger partial charge in [0.2, 0.25) is 5.91 Å². The average Bonchev–Trinajstić information content (AvgIpc) is 3.34. The molecule has 2 aromatic heterocycles. The highest BCUT2D eigenvalue weighted by Gasteiger charge is 2.28. The summed E-state index contributed by atoms with van der Waals surface area (Å²) in [7, 11) is -3.43. The first kappa shape index (κ1) is 18.1. The molecule has 8 heteroatoms. The molecule has 27 heavy (non-hydrogen) atoms. The standard InChI is InChI=1S/C19H19N3O3S2/c23-18(21-15-11-14-5-1-2-6-17(14)20-13-15)12-16-7-8-19(26-16)27(24,25)22-9-3-4-10-22/h1-2,5-8,11,13H,3-4,9-10,12H2,(H,21,23). The monoisotopic (exact) mass is 401 g/mol. The topological polar surface area (TPSA) is 79.4 Å². The maximum Gasteiger partial charge on any atom is 0.252 e. The summed E-state index contributed by atoms with van der Waals surface area (Å²) < 4.78 is 27.0. The normalized spacial score (nSPS) is 15.3. The van der Waals surface area contributed by atoms with Crippen molar-refractivity contribution < 1.29 is 13.2 Å². The zero-order valence-corrected chi connectivity index (χ0v) is 16.2. The van der Waals surface area contributed by atoms with Gasteiger partial charge in [-0.05, 0) is 37.1 Å². The minimum atomic E-state index is -3.43. The van der Waals surface area contributed by atoms with E-state index in [0.29, 0.717) is 23.0 Å². The third kappa shape index (κ3) is 3.87. The molecular formula is C19H19N3O3S2. The zero-order chi connectivity index (χ0) is 18.9. The number of benzene rings is 1. The van der Waals surface area contributed by atoms with Crippen molar-refractivity contribution in [2.75, 3.05) is 18.4 Å². The van der Waals surface area contributed by atoms with Crippen molar-refractivity contribution in [3.63, 3.8) is 0 Å². The molecule has 1 N–H and O–H groups in total. The van der Waals surface area contributed by atoms with Gasteiger partial charge in [0.25, 0.3) is 10.0 Å². The highest BCUT2D eigenvalue weighted by atomic mass is 32.2. The Hall–Kier alpha value is -2.29. The fraction of sp³-hybridized carbons (Fsp3) is 0.263. The molecule has 1 amide bonds. The van der Waals surface area contributed by atoms with Gasteiger partial charge in [-0.1, -0.05) is 18.2 Å².